The summed E-state index contributed by atoms with van der Waals surface area (Å²) < 4.78 is 6.22. The summed E-state index contributed by atoms with van der Waals surface area (Å²) in [6.07, 6.45) is 1.92. The highest BCUT2D eigenvalue weighted by molar-refractivity contribution is 6.02. The van der Waals surface area contributed by atoms with Gasteiger partial charge in [0, 0.05) is 32.5 Å². The first-order chi connectivity index (χ1) is 12.5. The summed E-state index contributed by atoms with van der Waals surface area (Å²) in [5, 5.41) is 9.11. The van der Waals surface area contributed by atoms with Gasteiger partial charge < -0.3 is 9.84 Å². The number of carboxylic acids is 1. The number of Topliss-reactive ketones (excluding diaryl/α,β-unsaturated/α-hetero) is 1. The van der Waals surface area contributed by atoms with E-state index < -0.39 is 11.6 Å². The molecule has 5 nitrogen and oxygen atoms in total. The normalized spacial score (nSPS) is 19.0. The minimum Gasteiger partial charge on any atom is -0.486 e. The van der Waals surface area contributed by atoms with Gasteiger partial charge >= 0.3 is 5.97 Å². The molecule has 2 heterocycles. The fraction of sp³-hybridized carbons (Fsp3) is 0.333. The topological polar surface area (TPSA) is 66.8 Å². The molecule has 0 bridgehead atoms. The number of hydrogen-bond donors (Lipinski definition) is 1. The molecule has 1 spiro atoms. The molecule has 2 aromatic carbocycles. The Morgan fingerprint density at radius 3 is 2.54 bits per heavy atom. The summed E-state index contributed by atoms with van der Waals surface area (Å²) in [4.78, 5) is 26.1. The molecule has 1 fully saturated rings. The standard InChI is InChI=1S/C21H21NO4/c23-18-13-21(26-19-7-6-16(20(24)25)12-17(18)19)8-10-22(11-9-21)14-15-4-2-1-3-5-15/h1-7,12H,8-11,13-14H2,(H,24,25). The SMILES string of the molecule is O=C(O)c1ccc2c(c1)C(=O)CC1(CCN(Cc3ccccc3)CC1)O2. The molecule has 0 saturated carbocycles. The molecule has 0 amide bonds. The van der Waals surface area contributed by atoms with E-state index >= 15 is 0 Å². The minimum atomic E-state index is -1.03. The predicted molar refractivity (Wildman–Crippen MR) is 96.7 cm³/mol. The maximum absolute atomic E-state index is 12.6. The molecule has 0 radical (unpaired) electrons. The van der Waals surface area contributed by atoms with Crippen molar-refractivity contribution in [3.8, 4) is 5.75 Å². The van der Waals surface area contributed by atoms with Crippen LogP contribution in [0.15, 0.2) is 48.5 Å². The van der Waals surface area contributed by atoms with Gasteiger partial charge in [-0.25, -0.2) is 4.79 Å². The van der Waals surface area contributed by atoms with Gasteiger partial charge in [-0.05, 0) is 23.8 Å². The number of benzene rings is 2. The van der Waals surface area contributed by atoms with Gasteiger partial charge in [-0.1, -0.05) is 30.3 Å². The number of fused-ring (bicyclic) bond motifs is 1. The van der Waals surface area contributed by atoms with Gasteiger partial charge in [0.05, 0.1) is 17.5 Å². The van der Waals surface area contributed by atoms with Crippen molar-refractivity contribution in [2.45, 2.75) is 31.4 Å². The van der Waals surface area contributed by atoms with Crippen LogP contribution in [-0.4, -0.2) is 40.4 Å². The number of likely N-dealkylation sites (tertiary alicyclic amines) is 1. The third kappa shape index (κ3) is 3.22. The number of carboxylic acid groups (broad SMARTS) is 1. The average Bonchev–Trinajstić information content (AvgIpc) is 2.64. The minimum absolute atomic E-state index is 0.0224. The van der Waals surface area contributed by atoms with Crippen molar-refractivity contribution in [1.82, 2.24) is 4.90 Å². The molecule has 2 aliphatic heterocycles. The van der Waals surface area contributed by atoms with Gasteiger partial charge in [-0.3, -0.25) is 9.69 Å². The summed E-state index contributed by atoms with van der Waals surface area (Å²) in [5.41, 5.74) is 1.34. The first-order valence-electron chi connectivity index (χ1n) is 8.91. The predicted octanol–water partition coefficient (Wildman–Crippen LogP) is 3.38. The lowest BCUT2D eigenvalue weighted by Gasteiger charge is -2.44. The zero-order valence-corrected chi connectivity index (χ0v) is 14.5. The lowest BCUT2D eigenvalue weighted by molar-refractivity contribution is -0.0107. The van der Waals surface area contributed by atoms with Crippen LogP contribution in [-0.2, 0) is 6.54 Å². The third-order valence-corrected chi connectivity index (χ3v) is 5.35. The van der Waals surface area contributed by atoms with Crippen molar-refractivity contribution in [1.29, 1.82) is 0 Å². The van der Waals surface area contributed by atoms with Crippen molar-refractivity contribution in [2.75, 3.05) is 13.1 Å². The molecule has 1 saturated heterocycles. The molecular formula is C21H21NO4. The van der Waals surface area contributed by atoms with E-state index in [4.69, 9.17) is 9.84 Å². The Kier molecular flexibility index (Phi) is 4.24. The molecule has 5 heteroatoms. The van der Waals surface area contributed by atoms with Gasteiger partial charge in [0.1, 0.15) is 11.4 Å². The van der Waals surface area contributed by atoms with Crippen LogP contribution >= 0.6 is 0 Å². The first-order valence-corrected chi connectivity index (χ1v) is 8.91. The van der Waals surface area contributed by atoms with Crippen molar-refractivity contribution in [2.24, 2.45) is 0 Å². The summed E-state index contributed by atoms with van der Waals surface area (Å²) >= 11 is 0. The highest BCUT2D eigenvalue weighted by Crippen LogP contribution is 2.39. The number of carbonyl (C=O) groups is 2. The Hall–Kier alpha value is -2.66. The van der Waals surface area contributed by atoms with Gasteiger partial charge in [-0.2, -0.15) is 0 Å². The van der Waals surface area contributed by atoms with Crippen LogP contribution in [0.3, 0.4) is 0 Å². The number of piperidine rings is 1. The quantitative estimate of drug-likeness (QED) is 0.918. The van der Waals surface area contributed by atoms with E-state index in [-0.39, 0.29) is 11.3 Å². The maximum Gasteiger partial charge on any atom is 0.335 e. The highest BCUT2D eigenvalue weighted by Gasteiger charge is 2.43. The Morgan fingerprint density at radius 1 is 1.12 bits per heavy atom. The van der Waals surface area contributed by atoms with E-state index in [1.54, 1.807) is 6.07 Å². The fourth-order valence-corrected chi connectivity index (χ4v) is 3.87. The zero-order valence-electron chi connectivity index (χ0n) is 14.5. The van der Waals surface area contributed by atoms with E-state index in [9.17, 15) is 9.59 Å². The maximum atomic E-state index is 12.6. The molecular weight excluding hydrogens is 330 g/mol. The monoisotopic (exact) mass is 351 g/mol. The van der Waals surface area contributed by atoms with Crippen LogP contribution in [0, 0.1) is 0 Å². The number of ketones is 1. The van der Waals surface area contributed by atoms with Gasteiger partial charge in [-0.15, -0.1) is 0 Å². The van der Waals surface area contributed by atoms with Crippen molar-refractivity contribution >= 4 is 11.8 Å². The van der Waals surface area contributed by atoms with Crippen LogP contribution < -0.4 is 4.74 Å². The first kappa shape index (κ1) is 16.8. The molecule has 0 unspecified atom stereocenters. The Balaban J connectivity index is 1.46. The van der Waals surface area contributed by atoms with E-state index in [0.717, 1.165) is 32.5 Å². The Morgan fingerprint density at radius 2 is 1.85 bits per heavy atom. The smallest absolute Gasteiger partial charge is 0.335 e. The van der Waals surface area contributed by atoms with Crippen LogP contribution in [0.5, 0.6) is 5.75 Å². The largest absolute Gasteiger partial charge is 0.486 e. The number of ether oxygens (including phenoxy) is 1. The highest BCUT2D eigenvalue weighted by atomic mass is 16.5. The third-order valence-electron chi connectivity index (χ3n) is 5.35. The molecule has 0 aliphatic carbocycles. The summed E-state index contributed by atoms with van der Waals surface area (Å²) in [6, 6.07) is 14.9. The second-order valence-electron chi connectivity index (χ2n) is 7.16. The number of carbonyl (C=O) groups excluding carboxylic acids is 1. The summed E-state index contributed by atoms with van der Waals surface area (Å²) in [6.45, 7) is 2.67. The number of hydrogen-bond acceptors (Lipinski definition) is 4. The average molecular weight is 351 g/mol. The van der Waals surface area contributed by atoms with Crippen molar-refractivity contribution in [3.63, 3.8) is 0 Å². The van der Waals surface area contributed by atoms with E-state index in [1.807, 2.05) is 18.2 Å². The van der Waals surface area contributed by atoms with Gasteiger partial charge in [0.15, 0.2) is 5.78 Å². The molecule has 2 aliphatic rings. The van der Waals surface area contributed by atoms with Crippen molar-refractivity contribution in [3.05, 3.63) is 65.2 Å². The second kappa shape index (κ2) is 6.57. The molecule has 1 N–H and O–H groups in total. The molecule has 26 heavy (non-hydrogen) atoms. The van der Waals surface area contributed by atoms with Crippen LogP contribution in [0.25, 0.3) is 0 Å². The summed E-state index contributed by atoms with van der Waals surface area (Å²) in [5.74, 6) is -0.538. The van der Waals surface area contributed by atoms with E-state index in [2.05, 4.69) is 17.0 Å². The zero-order chi connectivity index (χ0) is 18.1. The van der Waals surface area contributed by atoms with E-state index in [1.165, 1.54) is 17.7 Å². The number of rotatable bonds is 3. The molecule has 2 aromatic rings. The number of aromatic carboxylic acids is 1. The molecule has 0 aromatic heterocycles. The van der Waals surface area contributed by atoms with Gasteiger partial charge in [0.2, 0.25) is 0 Å². The molecule has 4 rings (SSSR count). The Labute approximate surface area is 152 Å². The lowest BCUT2D eigenvalue weighted by Crippen LogP contribution is -2.50. The number of nitrogens with zero attached hydrogens (tertiary/aromatic N) is 1. The van der Waals surface area contributed by atoms with Crippen LogP contribution in [0.2, 0.25) is 0 Å². The summed E-state index contributed by atoms with van der Waals surface area (Å²) in [7, 11) is 0. The van der Waals surface area contributed by atoms with Crippen LogP contribution in [0.1, 0.15) is 45.5 Å². The van der Waals surface area contributed by atoms with Crippen LogP contribution in [0.4, 0.5) is 0 Å². The van der Waals surface area contributed by atoms with Gasteiger partial charge in [0.25, 0.3) is 0 Å². The second-order valence-corrected chi connectivity index (χ2v) is 7.16. The fourth-order valence-electron chi connectivity index (χ4n) is 3.87. The van der Waals surface area contributed by atoms with Crippen molar-refractivity contribution < 1.29 is 19.4 Å². The molecule has 0 atom stereocenters. The lowest BCUT2D eigenvalue weighted by atomic mass is 9.82. The Bertz CT molecular complexity index is 838. The molecule has 134 valence electrons. The van der Waals surface area contributed by atoms with E-state index in [0.29, 0.717) is 17.7 Å².